The van der Waals surface area contributed by atoms with Crippen LogP contribution < -0.4 is 5.73 Å². The number of pyridine rings is 1. The zero-order valence-corrected chi connectivity index (χ0v) is 10.9. The highest BCUT2D eigenvalue weighted by molar-refractivity contribution is 5.70. The third-order valence-electron chi connectivity index (χ3n) is 3.21. The van der Waals surface area contributed by atoms with Crippen LogP contribution in [0.2, 0.25) is 0 Å². The van der Waals surface area contributed by atoms with Crippen molar-refractivity contribution in [3.63, 3.8) is 0 Å². The lowest BCUT2D eigenvalue weighted by Gasteiger charge is -2.03. The third kappa shape index (κ3) is 2.42. The van der Waals surface area contributed by atoms with Crippen molar-refractivity contribution < 1.29 is 0 Å². The molecule has 0 aliphatic carbocycles. The molecule has 96 valence electrons. The summed E-state index contributed by atoms with van der Waals surface area (Å²) < 4.78 is 0. The maximum absolute atomic E-state index is 5.94. The number of aryl methyl sites for hydroxylation is 3. The molecule has 1 aromatic carbocycles. The van der Waals surface area contributed by atoms with Gasteiger partial charge in [-0.1, -0.05) is 18.2 Å². The molecule has 0 aliphatic heterocycles. The standard InChI is InChI=1S/C15H16N4/c1-10-8-13-15(17-9-10)19-14(18-13)7-6-11-4-2-3-5-12(11)16/h2-5,8-9H,6-7,16H2,1H3,(H,17,18,19). The molecule has 0 saturated heterocycles. The Bertz CT molecular complexity index is 715. The molecule has 0 atom stereocenters. The van der Waals surface area contributed by atoms with E-state index < -0.39 is 0 Å². The zero-order chi connectivity index (χ0) is 13.2. The number of nitrogen functional groups attached to an aromatic ring is 1. The lowest BCUT2D eigenvalue weighted by Crippen LogP contribution is -1.97. The summed E-state index contributed by atoms with van der Waals surface area (Å²) in [4.78, 5) is 12.1. The molecule has 0 aliphatic rings. The van der Waals surface area contributed by atoms with Gasteiger partial charge in [-0.15, -0.1) is 0 Å². The molecule has 4 nitrogen and oxygen atoms in total. The van der Waals surface area contributed by atoms with E-state index in [1.54, 1.807) is 0 Å². The monoisotopic (exact) mass is 252 g/mol. The van der Waals surface area contributed by atoms with Crippen molar-refractivity contribution >= 4 is 16.9 Å². The summed E-state index contributed by atoms with van der Waals surface area (Å²) in [6.07, 6.45) is 3.55. The summed E-state index contributed by atoms with van der Waals surface area (Å²) in [7, 11) is 0. The topological polar surface area (TPSA) is 67.6 Å². The smallest absolute Gasteiger partial charge is 0.177 e. The van der Waals surface area contributed by atoms with Crippen LogP contribution in [0.15, 0.2) is 36.5 Å². The molecule has 3 N–H and O–H groups in total. The predicted molar refractivity (Wildman–Crippen MR) is 76.9 cm³/mol. The van der Waals surface area contributed by atoms with Gasteiger partial charge in [0.2, 0.25) is 0 Å². The molecule has 0 unspecified atom stereocenters. The number of H-pyrrole nitrogens is 1. The first-order chi connectivity index (χ1) is 9.22. The van der Waals surface area contributed by atoms with Crippen LogP contribution in [0.5, 0.6) is 0 Å². The lowest BCUT2D eigenvalue weighted by molar-refractivity contribution is 0.891. The number of fused-ring (bicyclic) bond motifs is 1. The van der Waals surface area contributed by atoms with E-state index >= 15 is 0 Å². The number of benzene rings is 1. The normalized spacial score (nSPS) is 11.0. The minimum absolute atomic E-state index is 0.779. The average molecular weight is 252 g/mol. The Balaban J connectivity index is 1.80. The van der Waals surface area contributed by atoms with Gasteiger partial charge >= 0.3 is 0 Å². The fourth-order valence-electron chi connectivity index (χ4n) is 2.19. The van der Waals surface area contributed by atoms with E-state index in [0.29, 0.717) is 0 Å². The Morgan fingerprint density at radius 3 is 2.89 bits per heavy atom. The summed E-state index contributed by atoms with van der Waals surface area (Å²) in [5.74, 6) is 0.955. The van der Waals surface area contributed by atoms with Crippen molar-refractivity contribution in [3.05, 3.63) is 53.5 Å². The molecule has 19 heavy (non-hydrogen) atoms. The Morgan fingerprint density at radius 1 is 1.21 bits per heavy atom. The van der Waals surface area contributed by atoms with Gasteiger partial charge in [0, 0.05) is 18.3 Å². The quantitative estimate of drug-likeness (QED) is 0.704. The van der Waals surface area contributed by atoms with E-state index in [4.69, 9.17) is 5.73 Å². The highest BCUT2D eigenvalue weighted by atomic mass is 15.0. The molecule has 0 radical (unpaired) electrons. The number of nitrogens with one attached hydrogen (secondary N) is 1. The minimum Gasteiger partial charge on any atom is -0.399 e. The van der Waals surface area contributed by atoms with Crippen LogP contribution in [0.1, 0.15) is 17.0 Å². The Labute approximate surface area is 111 Å². The highest BCUT2D eigenvalue weighted by Gasteiger charge is 2.05. The van der Waals surface area contributed by atoms with E-state index in [1.807, 2.05) is 31.3 Å². The van der Waals surface area contributed by atoms with Crippen molar-refractivity contribution in [2.45, 2.75) is 19.8 Å². The Hall–Kier alpha value is -2.36. The number of rotatable bonds is 3. The van der Waals surface area contributed by atoms with Crippen LogP contribution in [-0.2, 0) is 12.8 Å². The third-order valence-corrected chi connectivity index (χ3v) is 3.21. The average Bonchev–Trinajstić information content (AvgIpc) is 2.79. The summed E-state index contributed by atoms with van der Waals surface area (Å²) in [6.45, 7) is 2.03. The van der Waals surface area contributed by atoms with Crippen LogP contribution in [0.3, 0.4) is 0 Å². The van der Waals surface area contributed by atoms with Crippen molar-refractivity contribution in [1.82, 2.24) is 15.0 Å². The van der Waals surface area contributed by atoms with E-state index in [-0.39, 0.29) is 0 Å². The first-order valence-electron chi connectivity index (χ1n) is 6.37. The number of hydrogen-bond acceptors (Lipinski definition) is 3. The maximum Gasteiger partial charge on any atom is 0.177 e. The van der Waals surface area contributed by atoms with Gasteiger partial charge in [-0.3, -0.25) is 0 Å². The molecule has 0 saturated carbocycles. The van der Waals surface area contributed by atoms with Gasteiger partial charge < -0.3 is 10.7 Å². The fraction of sp³-hybridized carbons (Fsp3) is 0.200. The summed E-state index contributed by atoms with van der Waals surface area (Å²) in [5.41, 5.74) is 10.8. The first kappa shape index (κ1) is 11.7. The molecular weight excluding hydrogens is 236 g/mol. The number of para-hydroxylation sites is 1. The van der Waals surface area contributed by atoms with Gasteiger partial charge in [0.05, 0.1) is 5.52 Å². The molecule has 0 spiro atoms. The molecule has 3 aromatic rings. The largest absolute Gasteiger partial charge is 0.399 e. The van der Waals surface area contributed by atoms with E-state index in [1.165, 1.54) is 0 Å². The van der Waals surface area contributed by atoms with Crippen LogP contribution >= 0.6 is 0 Å². The van der Waals surface area contributed by atoms with Crippen molar-refractivity contribution in [2.75, 3.05) is 5.73 Å². The van der Waals surface area contributed by atoms with Crippen LogP contribution in [0.4, 0.5) is 5.69 Å². The number of nitrogens with zero attached hydrogens (tertiary/aromatic N) is 2. The van der Waals surface area contributed by atoms with Gasteiger partial charge in [-0.05, 0) is 36.6 Å². The molecule has 0 amide bonds. The number of anilines is 1. The molecule has 3 rings (SSSR count). The predicted octanol–water partition coefficient (Wildman–Crippen LogP) is 2.63. The molecular formula is C15H16N4. The second-order valence-corrected chi connectivity index (χ2v) is 4.77. The van der Waals surface area contributed by atoms with Gasteiger partial charge in [0.15, 0.2) is 5.65 Å². The number of nitrogens with two attached hydrogens (primary N) is 1. The molecule has 4 heteroatoms. The fourth-order valence-corrected chi connectivity index (χ4v) is 2.19. The van der Waals surface area contributed by atoms with E-state index in [9.17, 15) is 0 Å². The van der Waals surface area contributed by atoms with Crippen molar-refractivity contribution in [1.29, 1.82) is 0 Å². The second-order valence-electron chi connectivity index (χ2n) is 4.77. The molecule has 2 aromatic heterocycles. The number of aromatic nitrogens is 3. The summed E-state index contributed by atoms with van der Waals surface area (Å²) in [6, 6.07) is 10.0. The molecule has 0 bridgehead atoms. The molecule has 0 fully saturated rings. The van der Waals surface area contributed by atoms with Gasteiger partial charge in [-0.25, -0.2) is 9.97 Å². The minimum atomic E-state index is 0.779. The number of aromatic amines is 1. The van der Waals surface area contributed by atoms with Gasteiger partial charge in [0.25, 0.3) is 0 Å². The van der Waals surface area contributed by atoms with Crippen molar-refractivity contribution in [2.24, 2.45) is 0 Å². The van der Waals surface area contributed by atoms with E-state index in [2.05, 4.69) is 27.1 Å². The lowest BCUT2D eigenvalue weighted by atomic mass is 10.1. The summed E-state index contributed by atoms with van der Waals surface area (Å²) in [5, 5.41) is 0. The van der Waals surface area contributed by atoms with Crippen LogP contribution in [0, 0.1) is 6.92 Å². The molecule has 2 heterocycles. The first-order valence-corrected chi connectivity index (χ1v) is 6.37. The van der Waals surface area contributed by atoms with Gasteiger partial charge in [0.1, 0.15) is 5.82 Å². The second kappa shape index (κ2) is 4.72. The zero-order valence-electron chi connectivity index (χ0n) is 10.9. The van der Waals surface area contributed by atoms with Crippen LogP contribution in [0.25, 0.3) is 11.2 Å². The highest BCUT2D eigenvalue weighted by Crippen LogP contribution is 2.15. The number of hydrogen-bond donors (Lipinski definition) is 2. The van der Waals surface area contributed by atoms with Crippen molar-refractivity contribution in [3.8, 4) is 0 Å². The Morgan fingerprint density at radius 2 is 2.05 bits per heavy atom. The Kier molecular flexibility index (Phi) is 2.91. The van der Waals surface area contributed by atoms with Crippen LogP contribution in [-0.4, -0.2) is 15.0 Å². The summed E-state index contributed by atoms with van der Waals surface area (Å²) >= 11 is 0. The SMILES string of the molecule is Cc1cnc2nc(CCc3ccccc3N)[nH]c2c1. The maximum atomic E-state index is 5.94. The van der Waals surface area contributed by atoms with Gasteiger partial charge in [-0.2, -0.15) is 0 Å². The van der Waals surface area contributed by atoms with E-state index in [0.717, 1.165) is 46.6 Å². The number of imidazole rings is 1.